The van der Waals surface area contributed by atoms with Gasteiger partial charge in [0, 0.05) is 12.4 Å². The van der Waals surface area contributed by atoms with Gasteiger partial charge in [0.2, 0.25) is 0 Å². The van der Waals surface area contributed by atoms with Gasteiger partial charge in [0.05, 0.1) is 23.3 Å². The smallest absolute Gasteiger partial charge is 0.287 e. The summed E-state index contributed by atoms with van der Waals surface area (Å²) >= 11 is 0. The summed E-state index contributed by atoms with van der Waals surface area (Å²) in [5, 5.41) is 6.87. The van der Waals surface area contributed by atoms with Gasteiger partial charge in [-0.05, 0) is 36.4 Å². The molecule has 1 amide bonds. The first-order valence-corrected chi connectivity index (χ1v) is 7.58. The van der Waals surface area contributed by atoms with Gasteiger partial charge in [-0.2, -0.15) is 5.10 Å². The number of aromatic nitrogens is 5. The lowest BCUT2D eigenvalue weighted by Crippen LogP contribution is -2.24. The van der Waals surface area contributed by atoms with Gasteiger partial charge in [-0.1, -0.05) is 6.07 Å². The molecule has 0 fully saturated rings. The van der Waals surface area contributed by atoms with Crippen molar-refractivity contribution < 1.29 is 9.18 Å². The highest BCUT2D eigenvalue weighted by atomic mass is 19.1. The Morgan fingerprint density at radius 3 is 2.96 bits per heavy atom. The molecule has 3 aromatic heterocycles. The molecule has 1 aromatic carbocycles. The molecule has 7 nitrogen and oxygen atoms in total. The number of pyridine rings is 1. The number of nitrogens with zero attached hydrogens (tertiary/aromatic N) is 4. The summed E-state index contributed by atoms with van der Waals surface area (Å²) in [5.41, 5.74) is 1.69. The Labute approximate surface area is 141 Å². The molecule has 0 atom stereocenters. The normalized spacial score (nSPS) is 10.9. The van der Waals surface area contributed by atoms with Crippen LogP contribution in [0.4, 0.5) is 4.39 Å². The van der Waals surface area contributed by atoms with Gasteiger partial charge in [0.15, 0.2) is 11.6 Å². The predicted octanol–water partition coefficient (Wildman–Crippen LogP) is 2.21. The van der Waals surface area contributed by atoms with E-state index < -0.39 is 0 Å². The molecular formula is C17H13FN6O. The number of carbonyl (C=O) groups excluding carboxylic acids is 1. The standard InChI is InChI=1S/C17H13FN6O/c18-11-5-6-13-14(9-11)23-16(22-13)17(25)19-10-12-3-1-4-15(21-12)24-8-2-7-20-24/h1-9H,10H2,(H,19,25)(H,22,23). The van der Waals surface area contributed by atoms with Crippen LogP contribution in [0.1, 0.15) is 16.3 Å². The van der Waals surface area contributed by atoms with E-state index in [9.17, 15) is 9.18 Å². The third-order valence-corrected chi connectivity index (χ3v) is 3.62. The molecule has 0 radical (unpaired) electrons. The number of hydrogen-bond donors (Lipinski definition) is 2. The van der Waals surface area contributed by atoms with Crippen LogP contribution in [-0.4, -0.2) is 30.6 Å². The number of halogens is 1. The Morgan fingerprint density at radius 1 is 1.20 bits per heavy atom. The van der Waals surface area contributed by atoms with Crippen LogP contribution in [0.25, 0.3) is 16.9 Å². The monoisotopic (exact) mass is 336 g/mol. The molecule has 25 heavy (non-hydrogen) atoms. The Bertz CT molecular complexity index is 1040. The highest BCUT2D eigenvalue weighted by Crippen LogP contribution is 2.13. The molecule has 0 unspecified atom stereocenters. The number of imidazole rings is 1. The molecule has 0 spiro atoms. The number of benzene rings is 1. The minimum atomic E-state index is -0.386. The van der Waals surface area contributed by atoms with Gasteiger partial charge < -0.3 is 10.3 Å². The summed E-state index contributed by atoms with van der Waals surface area (Å²) in [6.45, 7) is 0.235. The quantitative estimate of drug-likeness (QED) is 0.598. The van der Waals surface area contributed by atoms with Crippen LogP contribution in [0.3, 0.4) is 0 Å². The molecule has 124 valence electrons. The minimum Gasteiger partial charge on any atom is -0.344 e. The van der Waals surface area contributed by atoms with Crippen molar-refractivity contribution in [2.45, 2.75) is 6.54 Å². The fourth-order valence-electron chi connectivity index (χ4n) is 2.44. The molecular weight excluding hydrogens is 323 g/mol. The summed E-state index contributed by atoms with van der Waals surface area (Å²) in [4.78, 5) is 23.6. The van der Waals surface area contributed by atoms with Crippen LogP contribution < -0.4 is 5.32 Å². The van der Waals surface area contributed by atoms with Crippen LogP contribution in [0.15, 0.2) is 54.9 Å². The average Bonchev–Trinajstić information content (AvgIpc) is 3.29. The molecule has 0 aliphatic rings. The van der Waals surface area contributed by atoms with Crippen molar-refractivity contribution >= 4 is 16.9 Å². The van der Waals surface area contributed by atoms with Crippen LogP contribution in [0, 0.1) is 5.82 Å². The third-order valence-electron chi connectivity index (χ3n) is 3.62. The topological polar surface area (TPSA) is 88.5 Å². The molecule has 0 aliphatic heterocycles. The van der Waals surface area contributed by atoms with E-state index in [2.05, 4.69) is 25.4 Å². The van der Waals surface area contributed by atoms with E-state index in [0.29, 0.717) is 22.5 Å². The van der Waals surface area contributed by atoms with E-state index in [1.807, 2.05) is 12.1 Å². The molecule has 0 bridgehead atoms. The van der Waals surface area contributed by atoms with Crippen molar-refractivity contribution in [1.82, 2.24) is 30.0 Å². The van der Waals surface area contributed by atoms with Gasteiger partial charge in [-0.15, -0.1) is 0 Å². The van der Waals surface area contributed by atoms with Crippen molar-refractivity contribution in [3.05, 3.63) is 72.2 Å². The zero-order chi connectivity index (χ0) is 17.2. The first-order chi connectivity index (χ1) is 12.2. The van der Waals surface area contributed by atoms with Gasteiger partial charge in [0.25, 0.3) is 5.91 Å². The van der Waals surface area contributed by atoms with Crippen LogP contribution in [0.5, 0.6) is 0 Å². The number of H-pyrrole nitrogens is 1. The fraction of sp³-hybridized carbons (Fsp3) is 0.0588. The highest BCUT2D eigenvalue weighted by Gasteiger charge is 2.12. The summed E-state index contributed by atoms with van der Waals surface area (Å²) in [7, 11) is 0. The number of amides is 1. The van der Waals surface area contributed by atoms with Gasteiger partial charge in [0.1, 0.15) is 5.82 Å². The number of hydrogen-bond acceptors (Lipinski definition) is 4. The van der Waals surface area contributed by atoms with Crippen LogP contribution >= 0.6 is 0 Å². The summed E-state index contributed by atoms with van der Waals surface area (Å²) in [6.07, 6.45) is 3.46. The molecule has 3 heterocycles. The van der Waals surface area contributed by atoms with E-state index in [4.69, 9.17) is 0 Å². The van der Waals surface area contributed by atoms with E-state index in [1.165, 1.54) is 18.2 Å². The lowest BCUT2D eigenvalue weighted by atomic mass is 10.3. The van der Waals surface area contributed by atoms with Crippen LogP contribution in [-0.2, 0) is 6.54 Å². The molecule has 4 aromatic rings. The number of fused-ring (bicyclic) bond motifs is 1. The number of rotatable bonds is 4. The molecule has 4 rings (SSSR count). The van der Waals surface area contributed by atoms with E-state index in [-0.39, 0.29) is 24.1 Å². The number of carbonyl (C=O) groups is 1. The largest absolute Gasteiger partial charge is 0.344 e. The molecule has 0 saturated heterocycles. The lowest BCUT2D eigenvalue weighted by molar-refractivity contribution is 0.0941. The summed E-state index contributed by atoms with van der Waals surface area (Å²) < 4.78 is 14.8. The Kier molecular flexibility index (Phi) is 3.70. The number of aromatic amines is 1. The molecule has 8 heteroatoms. The third kappa shape index (κ3) is 3.09. The first-order valence-electron chi connectivity index (χ1n) is 7.58. The Balaban J connectivity index is 1.48. The fourth-order valence-corrected chi connectivity index (χ4v) is 2.44. The first kappa shape index (κ1) is 15.0. The Hall–Kier alpha value is -3.55. The zero-order valence-electron chi connectivity index (χ0n) is 13.0. The zero-order valence-corrected chi connectivity index (χ0v) is 13.0. The van der Waals surface area contributed by atoms with E-state index in [0.717, 1.165) is 0 Å². The van der Waals surface area contributed by atoms with Crippen molar-refractivity contribution in [2.24, 2.45) is 0 Å². The average molecular weight is 336 g/mol. The summed E-state index contributed by atoms with van der Waals surface area (Å²) in [5.74, 6) is 0.0189. The second kappa shape index (κ2) is 6.16. The molecule has 0 aliphatic carbocycles. The molecule has 2 N–H and O–H groups in total. The summed E-state index contributed by atoms with van der Waals surface area (Å²) in [6, 6.07) is 11.4. The maximum absolute atomic E-state index is 13.2. The van der Waals surface area contributed by atoms with E-state index >= 15 is 0 Å². The van der Waals surface area contributed by atoms with E-state index in [1.54, 1.807) is 29.2 Å². The number of nitrogens with one attached hydrogen (secondary N) is 2. The Morgan fingerprint density at radius 2 is 2.12 bits per heavy atom. The highest BCUT2D eigenvalue weighted by molar-refractivity contribution is 5.94. The lowest BCUT2D eigenvalue weighted by Gasteiger charge is -2.05. The second-order valence-electron chi connectivity index (χ2n) is 5.37. The van der Waals surface area contributed by atoms with Gasteiger partial charge in [-0.3, -0.25) is 4.79 Å². The van der Waals surface area contributed by atoms with Crippen molar-refractivity contribution in [1.29, 1.82) is 0 Å². The predicted molar refractivity (Wildman–Crippen MR) is 88.6 cm³/mol. The van der Waals surface area contributed by atoms with Gasteiger partial charge in [-0.25, -0.2) is 19.0 Å². The minimum absolute atomic E-state index is 0.129. The SMILES string of the molecule is O=C(NCc1cccc(-n2cccn2)n1)c1nc2ccc(F)cc2[nH]1. The van der Waals surface area contributed by atoms with Crippen molar-refractivity contribution in [3.8, 4) is 5.82 Å². The van der Waals surface area contributed by atoms with Crippen LogP contribution in [0.2, 0.25) is 0 Å². The maximum Gasteiger partial charge on any atom is 0.287 e. The van der Waals surface area contributed by atoms with Crippen molar-refractivity contribution in [2.75, 3.05) is 0 Å². The maximum atomic E-state index is 13.2. The van der Waals surface area contributed by atoms with Gasteiger partial charge >= 0.3 is 0 Å². The van der Waals surface area contributed by atoms with Crippen molar-refractivity contribution in [3.63, 3.8) is 0 Å². The molecule has 0 saturated carbocycles. The second-order valence-corrected chi connectivity index (χ2v) is 5.37.